The molecule has 0 fully saturated rings. The first-order valence-electron chi connectivity index (χ1n) is 10.0. The van der Waals surface area contributed by atoms with E-state index in [4.69, 9.17) is 28.9 Å². The van der Waals surface area contributed by atoms with Gasteiger partial charge in [0, 0.05) is 23.5 Å². The first-order chi connectivity index (χ1) is 16.4. The molecule has 176 valence electrons. The topological polar surface area (TPSA) is 112 Å². The smallest absolute Gasteiger partial charge is 0.236 e. The Bertz CT molecular complexity index is 1290. The number of nitrogens with zero attached hydrogens (tertiary/aromatic N) is 5. The van der Waals surface area contributed by atoms with Crippen molar-refractivity contribution in [3.05, 3.63) is 58.1 Å². The quantitative estimate of drug-likeness (QED) is 0.154. The van der Waals surface area contributed by atoms with Crippen LogP contribution in [0.4, 0.5) is 10.8 Å². The van der Waals surface area contributed by atoms with Gasteiger partial charge in [-0.3, -0.25) is 10.1 Å². The number of aromatic nitrogens is 5. The van der Waals surface area contributed by atoms with E-state index in [2.05, 4.69) is 25.7 Å². The van der Waals surface area contributed by atoms with Crippen LogP contribution in [0.3, 0.4) is 0 Å². The number of nitrogens with one attached hydrogen (secondary N) is 1. The van der Waals surface area contributed by atoms with Crippen LogP contribution in [0.25, 0.3) is 11.4 Å². The van der Waals surface area contributed by atoms with Crippen molar-refractivity contribution in [1.82, 2.24) is 25.0 Å². The Morgan fingerprint density at radius 1 is 1.06 bits per heavy atom. The lowest BCUT2D eigenvalue weighted by molar-refractivity contribution is -0.113. The molecule has 0 saturated carbocycles. The molecule has 4 aromatic rings. The van der Waals surface area contributed by atoms with E-state index in [0.717, 1.165) is 21.3 Å². The highest BCUT2D eigenvalue weighted by Crippen LogP contribution is 2.31. The number of carbonyl (C=O) groups is 1. The molecule has 4 rings (SSSR count). The van der Waals surface area contributed by atoms with Crippen LogP contribution >= 0.6 is 58.1 Å². The average molecular weight is 553 g/mol. The maximum Gasteiger partial charge on any atom is 0.236 e. The summed E-state index contributed by atoms with van der Waals surface area (Å²) in [5, 5.41) is 21.7. The molecule has 2 heterocycles. The first-order valence-corrected chi connectivity index (χ1v) is 13.6. The molecule has 0 radical (unpaired) electrons. The third-order valence-corrected chi connectivity index (χ3v) is 8.28. The highest BCUT2D eigenvalue weighted by atomic mass is 35.5. The van der Waals surface area contributed by atoms with Crippen LogP contribution < -0.4 is 11.1 Å². The molecule has 2 aromatic carbocycles. The molecule has 0 bridgehead atoms. The summed E-state index contributed by atoms with van der Waals surface area (Å²) in [4.78, 5) is 12.5. The molecule has 0 aliphatic rings. The van der Waals surface area contributed by atoms with Gasteiger partial charge in [-0.25, -0.2) is 0 Å². The molecule has 34 heavy (non-hydrogen) atoms. The second-order valence-electron chi connectivity index (χ2n) is 6.92. The fourth-order valence-electron chi connectivity index (χ4n) is 2.90. The molecule has 13 heteroatoms. The van der Waals surface area contributed by atoms with Crippen molar-refractivity contribution in [1.29, 1.82) is 0 Å². The van der Waals surface area contributed by atoms with E-state index >= 15 is 0 Å². The molecule has 0 aliphatic heterocycles. The maximum absolute atomic E-state index is 12.5. The Labute approximate surface area is 218 Å². The molecule has 0 unspecified atom stereocenters. The van der Waals surface area contributed by atoms with Gasteiger partial charge in [-0.2, -0.15) is 0 Å². The van der Waals surface area contributed by atoms with Crippen molar-refractivity contribution in [2.75, 3.05) is 16.8 Å². The summed E-state index contributed by atoms with van der Waals surface area (Å²) in [6.07, 6.45) is 0. The number of carbonyl (C=O) groups excluding carboxylic acids is 1. The highest BCUT2D eigenvalue weighted by Gasteiger charge is 2.16. The van der Waals surface area contributed by atoms with Crippen molar-refractivity contribution in [2.45, 2.75) is 28.7 Å². The lowest BCUT2D eigenvalue weighted by Gasteiger charge is -2.07. The van der Waals surface area contributed by atoms with E-state index in [1.54, 1.807) is 6.07 Å². The molecule has 0 spiro atoms. The largest absolute Gasteiger partial charge is 0.399 e. The summed E-state index contributed by atoms with van der Waals surface area (Å²) >= 11 is 16.2. The van der Waals surface area contributed by atoms with Crippen LogP contribution in [0.2, 0.25) is 10.0 Å². The lowest BCUT2D eigenvalue weighted by Crippen LogP contribution is -2.14. The zero-order chi connectivity index (χ0) is 24.1. The molecule has 2 aromatic heterocycles. The minimum Gasteiger partial charge on any atom is -0.399 e. The van der Waals surface area contributed by atoms with Crippen LogP contribution in [0, 0.1) is 0 Å². The van der Waals surface area contributed by atoms with Crippen LogP contribution in [-0.2, 0) is 17.1 Å². The second kappa shape index (κ2) is 11.4. The summed E-state index contributed by atoms with van der Waals surface area (Å²) in [7, 11) is 0. The predicted molar refractivity (Wildman–Crippen MR) is 141 cm³/mol. The first kappa shape index (κ1) is 24.8. The summed E-state index contributed by atoms with van der Waals surface area (Å²) < 4.78 is 2.71. The predicted octanol–water partition coefficient (Wildman–Crippen LogP) is 5.73. The molecular weight excluding hydrogens is 533 g/mol. The Balaban J connectivity index is 1.31. The van der Waals surface area contributed by atoms with Crippen LogP contribution in [0.5, 0.6) is 0 Å². The number of anilines is 2. The van der Waals surface area contributed by atoms with Gasteiger partial charge in [0.05, 0.1) is 15.8 Å². The standard InChI is InChI=1S/C21H19Cl2N7OS3/c1-2-30-18(13-4-6-14(24)7-5-13)26-28-20(30)32-11-17(31)25-19-27-29-21(34-19)33-10-12-3-8-15(22)16(23)9-12/h3-9H,2,10-11,24H2,1H3,(H,25,27,31). The van der Waals surface area contributed by atoms with Crippen molar-refractivity contribution in [3.8, 4) is 11.4 Å². The molecule has 0 atom stereocenters. The van der Waals surface area contributed by atoms with Gasteiger partial charge in [0.25, 0.3) is 0 Å². The zero-order valence-electron chi connectivity index (χ0n) is 17.9. The molecule has 1 amide bonds. The van der Waals surface area contributed by atoms with Crippen molar-refractivity contribution < 1.29 is 4.79 Å². The van der Waals surface area contributed by atoms with E-state index in [1.807, 2.05) is 47.9 Å². The Kier molecular flexibility index (Phi) is 8.32. The van der Waals surface area contributed by atoms with E-state index < -0.39 is 0 Å². The minimum atomic E-state index is -0.193. The number of amides is 1. The number of halogens is 2. The maximum atomic E-state index is 12.5. The van der Waals surface area contributed by atoms with E-state index in [1.165, 1.54) is 34.9 Å². The molecule has 0 aliphatic carbocycles. The number of nitrogen functional groups attached to an aromatic ring is 1. The Hall–Kier alpha value is -2.31. The van der Waals surface area contributed by atoms with E-state index in [0.29, 0.717) is 38.3 Å². The minimum absolute atomic E-state index is 0.172. The summed E-state index contributed by atoms with van der Waals surface area (Å²) in [6.45, 7) is 2.68. The summed E-state index contributed by atoms with van der Waals surface area (Å²) in [6, 6.07) is 13.0. The van der Waals surface area contributed by atoms with Crippen molar-refractivity contribution in [2.24, 2.45) is 0 Å². The third-order valence-electron chi connectivity index (χ3n) is 4.53. The van der Waals surface area contributed by atoms with Gasteiger partial charge in [0.2, 0.25) is 11.0 Å². The van der Waals surface area contributed by atoms with Crippen molar-refractivity contribution in [3.63, 3.8) is 0 Å². The number of hydrogen-bond acceptors (Lipinski definition) is 9. The summed E-state index contributed by atoms with van der Waals surface area (Å²) in [5.74, 6) is 1.38. The average Bonchev–Trinajstić information content (AvgIpc) is 3.45. The number of hydrogen-bond donors (Lipinski definition) is 2. The van der Waals surface area contributed by atoms with Gasteiger partial charge in [-0.1, -0.05) is 64.1 Å². The van der Waals surface area contributed by atoms with Gasteiger partial charge < -0.3 is 10.3 Å². The SMILES string of the molecule is CCn1c(SCC(=O)Nc2nnc(SCc3ccc(Cl)c(Cl)c3)s2)nnc1-c1ccc(N)cc1. The van der Waals surface area contributed by atoms with Crippen LogP contribution in [0.1, 0.15) is 12.5 Å². The fourth-order valence-corrected chi connectivity index (χ4v) is 5.74. The van der Waals surface area contributed by atoms with Crippen molar-refractivity contribution >= 4 is 74.8 Å². The van der Waals surface area contributed by atoms with E-state index in [9.17, 15) is 4.79 Å². The normalized spacial score (nSPS) is 11.0. The molecule has 0 saturated heterocycles. The summed E-state index contributed by atoms with van der Waals surface area (Å²) in [5.41, 5.74) is 8.39. The molecule has 3 N–H and O–H groups in total. The number of thioether (sulfide) groups is 2. The lowest BCUT2D eigenvalue weighted by atomic mass is 10.2. The molecular formula is C21H19Cl2N7OS3. The number of benzene rings is 2. The van der Waals surface area contributed by atoms with Gasteiger partial charge in [-0.05, 0) is 48.9 Å². The van der Waals surface area contributed by atoms with Gasteiger partial charge >= 0.3 is 0 Å². The zero-order valence-corrected chi connectivity index (χ0v) is 21.8. The molecule has 8 nitrogen and oxygen atoms in total. The number of nitrogens with two attached hydrogens (primary N) is 1. The Morgan fingerprint density at radius 2 is 1.85 bits per heavy atom. The van der Waals surface area contributed by atoms with E-state index in [-0.39, 0.29) is 11.7 Å². The van der Waals surface area contributed by atoms with Gasteiger partial charge in [-0.15, -0.1) is 20.4 Å². The van der Waals surface area contributed by atoms with Crippen LogP contribution in [0.15, 0.2) is 52.0 Å². The number of rotatable bonds is 9. The van der Waals surface area contributed by atoms with Crippen LogP contribution in [-0.4, -0.2) is 36.6 Å². The highest BCUT2D eigenvalue weighted by molar-refractivity contribution is 8.00. The third kappa shape index (κ3) is 6.22. The fraction of sp³-hybridized carbons (Fsp3) is 0.190. The monoisotopic (exact) mass is 551 g/mol. The van der Waals surface area contributed by atoms with Gasteiger partial charge in [0.1, 0.15) is 0 Å². The Morgan fingerprint density at radius 3 is 2.59 bits per heavy atom. The van der Waals surface area contributed by atoms with Gasteiger partial charge in [0.15, 0.2) is 15.3 Å². The second-order valence-corrected chi connectivity index (χ2v) is 10.9.